The molecule has 0 aliphatic carbocycles. The number of benzene rings is 1. The zero-order valence-corrected chi connectivity index (χ0v) is 11.7. The summed E-state index contributed by atoms with van der Waals surface area (Å²) in [5.41, 5.74) is 1.39. The molecule has 0 saturated heterocycles. The first-order valence-corrected chi connectivity index (χ1v) is 7.17. The molecule has 0 aliphatic rings. The van der Waals surface area contributed by atoms with Gasteiger partial charge in [0.1, 0.15) is 10.7 Å². The van der Waals surface area contributed by atoms with Crippen LogP contribution in [0.2, 0.25) is 5.02 Å². The monoisotopic (exact) mass is 303 g/mol. The van der Waals surface area contributed by atoms with E-state index in [4.69, 9.17) is 11.6 Å². The minimum absolute atomic E-state index is 0.0484. The third-order valence-corrected chi connectivity index (χ3v) is 4.38. The first-order chi connectivity index (χ1) is 8.81. The van der Waals surface area contributed by atoms with Crippen molar-refractivity contribution in [3.8, 4) is 0 Å². The first kappa shape index (κ1) is 13.8. The topological polar surface area (TPSA) is 74.8 Å². The van der Waals surface area contributed by atoms with Crippen LogP contribution in [-0.2, 0) is 10.0 Å². The van der Waals surface area contributed by atoms with Crippen LogP contribution in [0.5, 0.6) is 0 Å². The zero-order chi connectivity index (χ0) is 14.2. The first-order valence-electron chi connectivity index (χ1n) is 5.30. The number of halogens is 2. The SMILES string of the molecule is Cc1n[nH]c(C)c1NS(=O)(=O)c1cc(F)ccc1Cl. The van der Waals surface area contributed by atoms with Crippen molar-refractivity contribution in [3.05, 3.63) is 40.4 Å². The highest BCUT2D eigenvalue weighted by molar-refractivity contribution is 7.92. The molecule has 1 aromatic carbocycles. The normalized spacial score (nSPS) is 11.6. The minimum Gasteiger partial charge on any atom is -0.280 e. The van der Waals surface area contributed by atoms with Gasteiger partial charge >= 0.3 is 0 Å². The van der Waals surface area contributed by atoms with Crippen LogP contribution in [0.3, 0.4) is 0 Å². The van der Waals surface area contributed by atoms with Crippen molar-refractivity contribution in [2.75, 3.05) is 4.72 Å². The molecule has 19 heavy (non-hydrogen) atoms. The quantitative estimate of drug-likeness (QED) is 0.915. The summed E-state index contributed by atoms with van der Waals surface area (Å²) < 4.78 is 39.8. The van der Waals surface area contributed by atoms with Crippen molar-refractivity contribution >= 4 is 27.3 Å². The Labute approximate surface area is 114 Å². The summed E-state index contributed by atoms with van der Waals surface area (Å²) in [5, 5.41) is 6.48. The second kappa shape index (κ2) is 4.82. The van der Waals surface area contributed by atoms with Crippen LogP contribution in [0.15, 0.2) is 23.1 Å². The number of aryl methyl sites for hydroxylation is 2. The van der Waals surface area contributed by atoms with Gasteiger partial charge in [-0.1, -0.05) is 11.6 Å². The van der Waals surface area contributed by atoms with E-state index in [0.29, 0.717) is 17.1 Å². The van der Waals surface area contributed by atoms with Crippen molar-refractivity contribution < 1.29 is 12.8 Å². The van der Waals surface area contributed by atoms with Crippen LogP contribution in [0.1, 0.15) is 11.4 Å². The van der Waals surface area contributed by atoms with Gasteiger partial charge in [0.15, 0.2) is 0 Å². The van der Waals surface area contributed by atoms with Crippen LogP contribution >= 0.6 is 11.6 Å². The number of rotatable bonds is 3. The molecule has 2 N–H and O–H groups in total. The number of aromatic nitrogens is 2. The third kappa shape index (κ3) is 2.71. The molecule has 0 saturated carbocycles. The maximum atomic E-state index is 13.1. The van der Waals surface area contributed by atoms with Crippen molar-refractivity contribution in [3.63, 3.8) is 0 Å². The maximum absolute atomic E-state index is 13.1. The molecule has 102 valence electrons. The van der Waals surface area contributed by atoms with E-state index in [1.165, 1.54) is 6.07 Å². The van der Waals surface area contributed by atoms with Gasteiger partial charge in [-0.05, 0) is 32.0 Å². The number of sulfonamides is 1. The van der Waals surface area contributed by atoms with E-state index in [1.54, 1.807) is 13.8 Å². The molecule has 0 fully saturated rings. The molecule has 0 aliphatic heterocycles. The lowest BCUT2D eigenvalue weighted by atomic mass is 10.3. The molecular weight excluding hydrogens is 293 g/mol. The van der Waals surface area contributed by atoms with Gasteiger partial charge in [-0.25, -0.2) is 12.8 Å². The summed E-state index contributed by atoms with van der Waals surface area (Å²) in [6, 6.07) is 3.16. The Hall–Kier alpha value is -1.60. The molecule has 1 aromatic heterocycles. The number of H-pyrrole nitrogens is 1. The van der Waals surface area contributed by atoms with Gasteiger partial charge in [0.2, 0.25) is 0 Å². The van der Waals surface area contributed by atoms with Gasteiger partial charge in [0.25, 0.3) is 10.0 Å². The molecule has 5 nitrogen and oxygen atoms in total. The van der Waals surface area contributed by atoms with E-state index in [9.17, 15) is 12.8 Å². The van der Waals surface area contributed by atoms with E-state index in [0.717, 1.165) is 12.1 Å². The summed E-state index contributed by atoms with van der Waals surface area (Å²) in [6.45, 7) is 3.32. The standard InChI is InChI=1S/C11H11ClFN3O2S/c1-6-11(7(2)15-14-6)16-19(17,18)10-5-8(13)3-4-9(10)12/h3-5,16H,1-2H3,(H,14,15). The fourth-order valence-electron chi connectivity index (χ4n) is 1.57. The fraction of sp³-hybridized carbons (Fsp3) is 0.182. The molecule has 2 rings (SSSR count). The van der Waals surface area contributed by atoms with Crippen LogP contribution in [0.25, 0.3) is 0 Å². The van der Waals surface area contributed by atoms with E-state index >= 15 is 0 Å². The number of hydrogen-bond acceptors (Lipinski definition) is 3. The summed E-state index contributed by atoms with van der Waals surface area (Å²) >= 11 is 5.79. The Kier molecular flexibility index (Phi) is 3.51. The van der Waals surface area contributed by atoms with E-state index < -0.39 is 15.8 Å². The molecule has 2 aromatic rings. The predicted molar refractivity (Wildman–Crippen MR) is 70.3 cm³/mol. The highest BCUT2D eigenvalue weighted by Gasteiger charge is 2.21. The highest BCUT2D eigenvalue weighted by atomic mass is 35.5. The number of hydrogen-bond donors (Lipinski definition) is 2. The Morgan fingerprint density at radius 2 is 2.05 bits per heavy atom. The van der Waals surface area contributed by atoms with Gasteiger partial charge in [0.05, 0.1) is 22.1 Å². The van der Waals surface area contributed by atoms with E-state index in [2.05, 4.69) is 14.9 Å². The van der Waals surface area contributed by atoms with Crippen LogP contribution in [0.4, 0.5) is 10.1 Å². The number of nitrogens with one attached hydrogen (secondary N) is 2. The van der Waals surface area contributed by atoms with Gasteiger partial charge < -0.3 is 0 Å². The van der Waals surface area contributed by atoms with Gasteiger partial charge in [-0.3, -0.25) is 9.82 Å². The third-order valence-electron chi connectivity index (χ3n) is 2.55. The van der Waals surface area contributed by atoms with Crippen molar-refractivity contribution in [1.29, 1.82) is 0 Å². The Morgan fingerprint density at radius 3 is 2.63 bits per heavy atom. The molecule has 0 radical (unpaired) electrons. The predicted octanol–water partition coefficient (Wildman–Crippen LogP) is 2.62. The lowest BCUT2D eigenvalue weighted by Gasteiger charge is -2.09. The molecular formula is C11H11ClFN3O2S. The zero-order valence-electron chi connectivity index (χ0n) is 10.2. The Balaban J connectivity index is 2.47. The second-order valence-electron chi connectivity index (χ2n) is 3.99. The highest BCUT2D eigenvalue weighted by Crippen LogP contribution is 2.26. The number of aromatic amines is 1. The molecule has 0 spiro atoms. The molecule has 1 heterocycles. The number of anilines is 1. The average molecular weight is 304 g/mol. The van der Waals surface area contributed by atoms with Crippen molar-refractivity contribution in [2.24, 2.45) is 0 Å². The smallest absolute Gasteiger partial charge is 0.263 e. The van der Waals surface area contributed by atoms with Gasteiger partial charge in [-0.15, -0.1) is 0 Å². The van der Waals surface area contributed by atoms with Crippen LogP contribution < -0.4 is 4.72 Å². The second-order valence-corrected chi connectivity index (χ2v) is 6.05. The maximum Gasteiger partial charge on any atom is 0.263 e. The summed E-state index contributed by atoms with van der Waals surface area (Å²) in [6.07, 6.45) is 0. The molecule has 0 bridgehead atoms. The van der Waals surface area contributed by atoms with Crippen LogP contribution in [-0.4, -0.2) is 18.6 Å². The summed E-state index contributed by atoms with van der Waals surface area (Å²) in [4.78, 5) is -0.311. The summed E-state index contributed by atoms with van der Waals surface area (Å²) in [5.74, 6) is -0.676. The van der Waals surface area contributed by atoms with E-state index in [1.807, 2.05) is 0 Å². The Morgan fingerprint density at radius 1 is 1.37 bits per heavy atom. The minimum atomic E-state index is -3.96. The van der Waals surface area contributed by atoms with Crippen molar-refractivity contribution in [2.45, 2.75) is 18.7 Å². The van der Waals surface area contributed by atoms with E-state index in [-0.39, 0.29) is 9.92 Å². The lowest BCUT2D eigenvalue weighted by Crippen LogP contribution is -2.14. The lowest BCUT2D eigenvalue weighted by molar-refractivity contribution is 0.595. The average Bonchev–Trinajstić information content (AvgIpc) is 2.63. The van der Waals surface area contributed by atoms with Crippen LogP contribution in [0, 0.1) is 19.7 Å². The Bertz CT molecular complexity index is 708. The summed E-state index contributed by atoms with van der Waals surface area (Å²) in [7, 11) is -3.96. The van der Waals surface area contributed by atoms with Gasteiger partial charge in [-0.2, -0.15) is 5.10 Å². The fourth-order valence-corrected chi connectivity index (χ4v) is 3.27. The van der Waals surface area contributed by atoms with Gasteiger partial charge in [0, 0.05) is 0 Å². The van der Waals surface area contributed by atoms with Crippen molar-refractivity contribution in [1.82, 2.24) is 10.2 Å². The number of nitrogens with zero attached hydrogens (tertiary/aromatic N) is 1. The molecule has 8 heteroatoms. The molecule has 0 atom stereocenters. The molecule has 0 unspecified atom stereocenters. The largest absolute Gasteiger partial charge is 0.280 e. The molecule has 0 amide bonds.